The molecule has 1 aromatic carbocycles. The van der Waals surface area contributed by atoms with Crippen LogP contribution < -0.4 is 10.6 Å². The second kappa shape index (κ2) is 6.60. The number of carbonyl (C=O) groups is 3. The van der Waals surface area contributed by atoms with Gasteiger partial charge in [-0.25, -0.2) is 4.79 Å². The number of urea groups is 1. The molecule has 0 aromatic heterocycles. The largest absolute Gasteiger partial charge is 0.364 e. The van der Waals surface area contributed by atoms with Gasteiger partial charge in [-0.3, -0.25) is 14.9 Å². The minimum Gasteiger partial charge on any atom is -0.364 e. The molecule has 7 heteroatoms. The fraction of sp³-hybridized carbons (Fsp3) is 0.471. The van der Waals surface area contributed by atoms with Crippen LogP contribution in [0.1, 0.15) is 31.4 Å². The average molecular weight is 331 g/mol. The third-order valence-electron chi connectivity index (χ3n) is 4.60. The van der Waals surface area contributed by atoms with Gasteiger partial charge in [-0.05, 0) is 25.3 Å². The number of likely N-dealkylation sites (tertiary alicyclic amines) is 1. The van der Waals surface area contributed by atoms with E-state index in [2.05, 4.69) is 10.6 Å². The second-order valence-electron chi connectivity index (χ2n) is 6.06. The van der Waals surface area contributed by atoms with Gasteiger partial charge in [-0.15, -0.1) is 0 Å². The molecule has 4 amide bonds. The van der Waals surface area contributed by atoms with Gasteiger partial charge in [-0.1, -0.05) is 30.3 Å². The Morgan fingerprint density at radius 3 is 2.46 bits per heavy atom. The van der Waals surface area contributed by atoms with E-state index in [9.17, 15) is 14.4 Å². The number of amides is 4. The molecule has 2 aliphatic heterocycles. The number of benzene rings is 1. The molecule has 0 radical (unpaired) electrons. The number of hydrogen-bond donors (Lipinski definition) is 2. The van der Waals surface area contributed by atoms with E-state index in [1.165, 1.54) is 0 Å². The molecule has 0 aliphatic carbocycles. The molecule has 2 fully saturated rings. The van der Waals surface area contributed by atoms with Crippen molar-refractivity contribution in [1.29, 1.82) is 0 Å². The van der Waals surface area contributed by atoms with Gasteiger partial charge in [0.2, 0.25) is 0 Å². The molecule has 0 saturated carbocycles. The van der Waals surface area contributed by atoms with E-state index in [1.807, 2.05) is 37.3 Å². The first-order valence-electron chi connectivity index (χ1n) is 8.15. The average Bonchev–Trinajstić information content (AvgIpc) is 2.87. The molecule has 24 heavy (non-hydrogen) atoms. The van der Waals surface area contributed by atoms with Crippen molar-refractivity contribution >= 4 is 17.8 Å². The van der Waals surface area contributed by atoms with E-state index in [4.69, 9.17) is 4.74 Å². The maximum absolute atomic E-state index is 12.9. The number of imide groups is 1. The zero-order chi connectivity index (χ0) is 17.2. The highest BCUT2D eigenvalue weighted by Crippen LogP contribution is 2.28. The third-order valence-corrected chi connectivity index (χ3v) is 4.60. The minimum absolute atomic E-state index is 0.109. The molecule has 2 heterocycles. The van der Waals surface area contributed by atoms with Crippen LogP contribution in [0.15, 0.2) is 30.3 Å². The van der Waals surface area contributed by atoms with Gasteiger partial charge in [0, 0.05) is 19.7 Å². The second-order valence-corrected chi connectivity index (χ2v) is 6.06. The monoisotopic (exact) mass is 331 g/mol. The summed E-state index contributed by atoms with van der Waals surface area (Å²) in [5.41, 5.74) is -0.0570. The molecule has 2 aliphatic rings. The summed E-state index contributed by atoms with van der Waals surface area (Å²) in [6, 6.07) is 8.92. The van der Waals surface area contributed by atoms with Gasteiger partial charge < -0.3 is 15.0 Å². The fourth-order valence-electron chi connectivity index (χ4n) is 3.26. The number of piperidine rings is 1. The number of nitrogens with zero attached hydrogens (tertiary/aromatic N) is 1. The topological polar surface area (TPSA) is 87.7 Å². The summed E-state index contributed by atoms with van der Waals surface area (Å²) < 4.78 is 5.66. The first-order chi connectivity index (χ1) is 11.6. The van der Waals surface area contributed by atoms with Crippen molar-refractivity contribution in [3.05, 3.63) is 35.9 Å². The van der Waals surface area contributed by atoms with E-state index in [0.29, 0.717) is 32.5 Å². The summed E-state index contributed by atoms with van der Waals surface area (Å²) in [6.07, 6.45) is 0.172. The zero-order valence-corrected chi connectivity index (χ0v) is 13.6. The maximum atomic E-state index is 12.9. The minimum atomic E-state index is -0.873. The van der Waals surface area contributed by atoms with Crippen molar-refractivity contribution in [1.82, 2.24) is 15.5 Å². The lowest BCUT2D eigenvalue weighted by molar-refractivity contribution is -0.147. The Kier molecular flexibility index (Phi) is 4.53. The Morgan fingerprint density at radius 1 is 1.25 bits per heavy atom. The van der Waals surface area contributed by atoms with Crippen LogP contribution in [-0.2, 0) is 14.3 Å². The molecule has 0 unspecified atom stereocenters. The molecule has 2 saturated heterocycles. The molecular formula is C17H21N3O4. The highest BCUT2D eigenvalue weighted by atomic mass is 16.5. The Bertz CT molecular complexity index is 638. The summed E-state index contributed by atoms with van der Waals surface area (Å²) >= 11 is 0. The van der Waals surface area contributed by atoms with Gasteiger partial charge in [0.15, 0.2) is 6.10 Å². The van der Waals surface area contributed by atoms with E-state index >= 15 is 0 Å². The Hall–Kier alpha value is -2.41. The number of carbonyl (C=O) groups excluding carboxylic acids is 3. The molecule has 3 rings (SSSR count). The van der Waals surface area contributed by atoms with E-state index in [0.717, 1.165) is 5.56 Å². The normalized spacial score (nSPS) is 20.6. The Balaban J connectivity index is 1.69. The first kappa shape index (κ1) is 16.4. The van der Waals surface area contributed by atoms with Crippen molar-refractivity contribution in [2.24, 2.45) is 0 Å². The summed E-state index contributed by atoms with van der Waals surface area (Å²) in [5.74, 6) is -0.411. The SMILES string of the molecule is CCO[C@@H](C(=O)N1CCC2(CC1)NC(=O)NC2=O)c1ccccc1. The summed E-state index contributed by atoms with van der Waals surface area (Å²) in [4.78, 5) is 37.9. The van der Waals surface area contributed by atoms with Gasteiger partial charge in [0.25, 0.3) is 11.8 Å². The van der Waals surface area contributed by atoms with Crippen LogP contribution in [0.2, 0.25) is 0 Å². The van der Waals surface area contributed by atoms with Crippen LogP contribution in [0.4, 0.5) is 4.79 Å². The molecular weight excluding hydrogens is 310 g/mol. The number of rotatable bonds is 4. The van der Waals surface area contributed by atoms with Crippen LogP contribution in [0, 0.1) is 0 Å². The third kappa shape index (κ3) is 2.99. The van der Waals surface area contributed by atoms with Crippen molar-refractivity contribution < 1.29 is 19.1 Å². The van der Waals surface area contributed by atoms with Crippen LogP contribution in [0.3, 0.4) is 0 Å². The van der Waals surface area contributed by atoms with Gasteiger partial charge in [0.1, 0.15) is 5.54 Å². The Labute approximate surface area is 140 Å². The van der Waals surface area contributed by atoms with Crippen molar-refractivity contribution in [3.8, 4) is 0 Å². The maximum Gasteiger partial charge on any atom is 0.322 e. The molecule has 1 spiro atoms. The standard InChI is InChI=1S/C17H21N3O4/c1-2-24-13(12-6-4-3-5-7-12)14(21)20-10-8-17(9-11-20)15(22)18-16(23)19-17/h3-7,13H,2,8-11H2,1H3,(H2,18,19,22,23)/t13-/m1/s1. The summed E-state index contributed by atoms with van der Waals surface area (Å²) in [5, 5.41) is 4.97. The number of hydrogen-bond acceptors (Lipinski definition) is 4. The smallest absolute Gasteiger partial charge is 0.322 e. The highest BCUT2D eigenvalue weighted by Gasteiger charge is 2.48. The molecule has 1 aromatic rings. The van der Waals surface area contributed by atoms with Crippen molar-refractivity contribution in [2.45, 2.75) is 31.4 Å². The molecule has 128 valence electrons. The molecule has 1 atom stereocenters. The lowest BCUT2D eigenvalue weighted by Crippen LogP contribution is -2.56. The lowest BCUT2D eigenvalue weighted by atomic mass is 9.87. The highest BCUT2D eigenvalue weighted by molar-refractivity contribution is 6.07. The Morgan fingerprint density at radius 2 is 1.92 bits per heavy atom. The van der Waals surface area contributed by atoms with Crippen LogP contribution in [0.25, 0.3) is 0 Å². The zero-order valence-electron chi connectivity index (χ0n) is 13.6. The number of ether oxygens (including phenoxy) is 1. The van der Waals surface area contributed by atoms with Crippen molar-refractivity contribution in [2.75, 3.05) is 19.7 Å². The van der Waals surface area contributed by atoms with Crippen LogP contribution in [0.5, 0.6) is 0 Å². The summed E-state index contributed by atoms with van der Waals surface area (Å²) in [7, 11) is 0. The van der Waals surface area contributed by atoms with E-state index < -0.39 is 17.7 Å². The first-order valence-corrected chi connectivity index (χ1v) is 8.15. The quantitative estimate of drug-likeness (QED) is 0.805. The number of nitrogens with one attached hydrogen (secondary N) is 2. The fourth-order valence-corrected chi connectivity index (χ4v) is 3.26. The lowest BCUT2D eigenvalue weighted by Gasteiger charge is -2.38. The van der Waals surface area contributed by atoms with Gasteiger partial charge >= 0.3 is 6.03 Å². The van der Waals surface area contributed by atoms with Crippen LogP contribution >= 0.6 is 0 Å². The predicted molar refractivity (Wildman–Crippen MR) is 86.0 cm³/mol. The van der Waals surface area contributed by atoms with E-state index in [-0.39, 0.29) is 11.8 Å². The molecule has 2 N–H and O–H groups in total. The molecule has 0 bridgehead atoms. The van der Waals surface area contributed by atoms with Gasteiger partial charge in [-0.2, -0.15) is 0 Å². The van der Waals surface area contributed by atoms with Crippen molar-refractivity contribution in [3.63, 3.8) is 0 Å². The summed E-state index contributed by atoms with van der Waals surface area (Å²) in [6.45, 7) is 3.10. The predicted octanol–water partition coefficient (Wildman–Crippen LogP) is 0.965. The van der Waals surface area contributed by atoms with Crippen LogP contribution in [-0.4, -0.2) is 48.0 Å². The molecule has 7 nitrogen and oxygen atoms in total. The van der Waals surface area contributed by atoms with E-state index in [1.54, 1.807) is 4.90 Å². The van der Waals surface area contributed by atoms with Gasteiger partial charge in [0.05, 0.1) is 0 Å².